The van der Waals surface area contributed by atoms with E-state index in [1.165, 1.54) is 0 Å². The van der Waals surface area contributed by atoms with Gasteiger partial charge in [-0.2, -0.15) is 0 Å². The van der Waals surface area contributed by atoms with Crippen molar-refractivity contribution in [1.29, 1.82) is 0 Å². The molecular weight excluding hydrogens is 641 g/mol. The van der Waals surface area contributed by atoms with E-state index >= 15 is 0 Å². The molecule has 0 rings (SSSR count). The van der Waals surface area contributed by atoms with Crippen LogP contribution in [0.1, 0.15) is 117 Å². The summed E-state index contributed by atoms with van der Waals surface area (Å²) in [5, 5.41) is 12.6. The highest BCUT2D eigenvalue weighted by Gasteiger charge is 2.23. The third-order valence-corrected chi connectivity index (χ3v) is 7.80. The van der Waals surface area contributed by atoms with Crippen molar-refractivity contribution in [3.05, 3.63) is 85.1 Å². The van der Waals surface area contributed by atoms with Gasteiger partial charge < -0.3 is 20.1 Å². The molecule has 49 heavy (non-hydrogen) atoms. The van der Waals surface area contributed by atoms with Crippen molar-refractivity contribution < 1.29 is 37.9 Å². The van der Waals surface area contributed by atoms with Crippen molar-refractivity contribution in [3.63, 3.8) is 0 Å². The van der Waals surface area contributed by atoms with Crippen LogP contribution in [-0.4, -0.2) is 54.3 Å². The predicted molar refractivity (Wildman–Crippen MR) is 201 cm³/mol. The third kappa shape index (κ3) is 36.3. The van der Waals surface area contributed by atoms with Crippen molar-refractivity contribution in [3.8, 4) is 0 Å². The number of esters is 1. The molecule has 0 fully saturated rings. The fraction of sp³-hybridized carbons (Fsp3) is 0.590. The van der Waals surface area contributed by atoms with E-state index in [2.05, 4.69) is 104 Å². The Bertz CT molecular complexity index is 1080. The first kappa shape index (κ1) is 46.2. The van der Waals surface area contributed by atoms with E-state index < -0.39 is 26.5 Å². The molecule has 0 aromatic rings. The van der Waals surface area contributed by atoms with Gasteiger partial charge in [-0.15, -0.1) is 0 Å². The van der Waals surface area contributed by atoms with Gasteiger partial charge in [-0.1, -0.05) is 105 Å². The third-order valence-electron chi connectivity index (χ3n) is 6.82. The maximum Gasteiger partial charge on any atom is 0.472 e. The molecule has 0 spiro atoms. The number of ether oxygens (including phenoxy) is 1. The number of phosphoric acid groups is 1. The van der Waals surface area contributed by atoms with Crippen LogP contribution in [0.2, 0.25) is 0 Å². The summed E-state index contributed by atoms with van der Waals surface area (Å²) < 4.78 is 26.7. The van der Waals surface area contributed by atoms with Crippen LogP contribution in [0.4, 0.5) is 0 Å². The van der Waals surface area contributed by atoms with Crippen LogP contribution in [0.15, 0.2) is 85.1 Å². The lowest BCUT2D eigenvalue weighted by molar-refractivity contribution is -0.147. The summed E-state index contributed by atoms with van der Waals surface area (Å²) >= 11 is 0. The van der Waals surface area contributed by atoms with Crippen LogP contribution in [-0.2, 0) is 27.9 Å². The molecule has 10 heteroatoms. The predicted octanol–water partition coefficient (Wildman–Crippen LogP) is 9.32. The second-order valence-electron chi connectivity index (χ2n) is 11.4. The van der Waals surface area contributed by atoms with Gasteiger partial charge in [0.15, 0.2) is 0 Å². The molecule has 1 amide bonds. The first-order valence-electron chi connectivity index (χ1n) is 18.1. The minimum absolute atomic E-state index is 0.0502. The first-order chi connectivity index (χ1) is 23.8. The Morgan fingerprint density at radius 1 is 0.633 bits per heavy atom. The molecule has 0 saturated heterocycles. The van der Waals surface area contributed by atoms with Gasteiger partial charge in [0.05, 0.1) is 13.2 Å². The Balaban J connectivity index is 3.76. The SMILES string of the molecule is CC/C=C\C/C=C\C/C=C\C/C=C\CCCCC(=O)NCCOP(=O)(O)OCC(O)COC(=O)CCCCC/C=C\C/C=C\C/C=C\CC. The molecule has 0 aliphatic heterocycles. The lowest BCUT2D eigenvalue weighted by Crippen LogP contribution is -2.27. The number of phosphoric ester groups is 1. The molecule has 0 bridgehead atoms. The lowest BCUT2D eigenvalue weighted by Gasteiger charge is -2.15. The zero-order valence-corrected chi connectivity index (χ0v) is 31.0. The Morgan fingerprint density at radius 3 is 1.63 bits per heavy atom. The average molecular weight is 706 g/mol. The van der Waals surface area contributed by atoms with Gasteiger partial charge in [-0.25, -0.2) is 4.57 Å². The van der Waals surface area contributed by atoms with E-state index in [4.69, 9.17) is 13.8 Å². The standard InChI is InChI=1S/C39H64NO8P/c1-3-5-7-9-11-13-15-17-18-20-21-23-25-27-29-31-38(42)40-33-34-47-49(44,45)48-36-37(41)35-46-39(43)32-30-28-26-24-22-19-16-14-12-10-8-6-4-2/h5-8,11-14,17-19,21-23,37,41H,3-4,9-10,15-16,20,24-36H2,1-2H3,(H,40,42)(H,44,45)/b7-5-,8-6-,13-11-,14-12-,18-17-,22-19-,23-21-. The summed E-state index contributed by atoms with van der Waals surface area (Å²) in [6.07, 6.45) is 42.4. The molecule has 0 aromatic heterocycles. The zero-order chi connectivity index (χ0) is 36.1. The quantitative estimate of drug-likeness (QED) is 0.0273. The second-order valence-corrected chi connectivity index (χ2v) is 12.9. The number of amides is 1. The molecule has 3 N–H and O–H groups in total. The van der Waals surface area contributed by atoms with Gasteiger partial charge >= 0.3 is 13.8 Å². The fourth-order valence-corrected chi connectivity index (χ4v) is 4.90. The number of aliphatic hydroxyl groups is 1. The number of hydrogen-bond donors (Lipinski definition) is 3. The molecule has 2 atom stereocenters. The monoisotopic (exact) mass is 705 g/mol. The fourth-order valence-electron chi connectivity index (χ4n) is 4.15. The minimum atomic E-state index is -4.43. The van der Waals surface area contributed by atoms with Gasteiger partial charge in [-0.05, 0) is 83.5 Å². The molecular formula is C39H64NO8P. The van der Waals surface area contributed by atoms with Gasteiger partial charge in [0.1, 0.15) is 12.7 Å². The Kier molecular flexibility index (Phi) is 33.0. The van der Waals surface area contributed by atoms with E-state index in [9.17, 15) is 24.2 Å². The summed E-state index contributed by atoms with van der Waals surface area (Å²) in [7, 11) is -4.43. The number of rotatable bonds is 32. The number of unbranched alkanes of at least 4 members (excludes halogenated alkanes) is 5. The van der Waals surface area contributed by atoms with Crippen LogP contribution < -0.4 is 5.32 Å². The Hall–Kier alpha value is -2.81. The number of hydrogen-bond acceptors (Lipinski definition) is 7. The first-order valence-corrected chi connectivity index (χ1v) is 19.6. The molecule has 0 aliphatic rings. The molecule has 0 aromatic carbocycles. The normalized spacial score (nSPS) is 14.4. The smallest absolute Gasteiger partial charge is 0.463 e. The summed E-state index contributed by atoms with van der Waals surface area (Å²) in [5.74, 6) is -0.600. The van der Waals surface area contributed by atoms with Crippen LogP contribution in [0.3, 0.4) is 0 Å². The highest BCUT2D eigenvalue weighted by Crippen LogP contribution is 2.42. The highest BCUT2D eigenvalue weighted by molar-refractivity contribution is 7.47. The van der Waals surface area contributed by atoms with Crippen molar-refractivity contribution >= 4 is 19.7 Å². The molecule has 2 unspecified atom stereocenters. The summed E-state index contributed by atoms with van der Waals surface area (Å²) in [6.45, 7) is 3.19. The molecule has 9 nitrogen and oxygen atoms in total. The lowest BCUT2D eigenvalue weighted by atomic mass is 10.1. The van der Waals surface area contributed by atoms with Gasteiger partial charge in [-0.3, -0.25) is 18.6 Å². The largest absolute Gasteiger partial charge is 0.472 e. The second kappa shape index (κ2) is 35.0. The van der Waals surface area contributed by atoms with Gasteiger partial charge in [0.25, 0.3) is 0 Å². The minimum Gasteiger partial charge on any atom is -0.463 e. The van der Waals surface area contributed by atoms with Crippen LogP contribution in [0, 0.1) is 0 Å². The number of nitrogens with one attached hydrogen (secondary N) is 1. The molecule has 0 radical (unpaired) electrons. The Labute approximate surface area is 296 Å². The van der Waals surface area contributed by atoms with E-state index in [0.717, 1.165) is 83.5 Å². The van der Waals surface area contributed by atoms with Crippen LogP contribution >= 0.6 is 7.82 Å². The number of carbonyl (C=O) groups is 2. The topological polar surface area (TPSA) is 131 Å². The van der Waals surface area contributed by atoms with Crippen molar-refractivity contribution in [2.24, 2.45) is 0 Å². The summed E-state index contributed by atoms with van der Waals surface area (Å²) in [6, 6.07) is 0. The van der Waals surface area contributed by atoms with E-state index in [1.54, 1.807) is 0 Å². The van der Waals surface area contributed by atoms with Crippen molar-refractivity contribution in [2.45, 2.75) is 123 Å². The summed E-state index contributed by atoms with van der Waals surface area (Å²) in [4.78, 5) is 33.7. The van der Waals surface area contributed by atoms with Crippen LogP contribution in [0.5, 0.6) is 0 Å². The van der Waals surface area contributed by atoms with Gasteiger partial charge in [0, 0.05) is 19.4 Å². The number of carbonyl (C=O) groups excluding carboxylic acids is 2. The Morgan fingerprint density at radius 2 is 1.10 bits per heavy atom. The maximum absolute atomic E-state index is 12.0. The maximum atomic E-state index is 12.0. The van der Waals surface area contributed by atoms with Crippen molar-refractivity contribution in [2.75, 3.05) is 26.4 Å². The summed E-state index contributed by atoms with van der Waals surface area (Å²) in [5.41, 5.74) is 0. The van der Waals surface area contributed by atoms with E-state index in [0.29, 0.717) is 12.8 Å². The highest BCUT2D eigenvalue weighted by atomic mass is 31.2. The van der Waals surface area contributed by atoms with E-state index in [1.807, 2.05) is 0 Å². The molecule has 0 heterocycles. The molecule has 0 aliphatic carbocycles. The molecule has 278 valence electrons. The van der Waals surface area contributed by atoms with Gasteiger partial charge in [0.2, 0.25) is 5.91 Å². The molecule has 0 saturated carbocycles. The zero-order valence-electron chi connectivity index (χ0n) is 30.1. The number of allylic oxidation sites excluding steroid dienone is 14. The van der Waals surface area contributed by atoms with Crippen LogP contribution in [0.25, 0.3) is 0 Å². The van der Waals surface area contributed by atoms with E-state index in [-0.39, 0.29) is 32.1 Å². The number of aliphatic hydroxyl groups excluding tert-OH is 1. The van der Waals surface area contributed by atoms with Crippen molar-refractivity contribution in [1.82, 2.24) is 5.32 Å². The average Bonchev–Trinajstić information content (AvgIpc) is 3.08.